The second-order valence-electron chi connectivity index (χ2n) is 8.15. The molecular weight excluding hydrogens is 392 g/mol. The van der Waals surface area contributed by atoms with E-state index < -0.39 is 0 Å². The smallest absolute Gasteiger partial charge is 0.280 e. The number of para-hydroxylation sites is 2. The first-order valence-corrected chi connectivity index (χ1v) is 10.7. The number of quaternary nitrogens is 1. The summed E-state index contributed by atoms with van der Waals surface area (Å²) in [7, 11) is 3.38. The van der Waals surface area contributed by atoms with E-state index >= 15 is 0 Å². The Kier molecular flexibility index (Phi) is 7.52. The lowest BCUT2D eigenvalue weighted by Gasteiger charge is -2.37. The molecule has 2 N–H and O–H groups in total. The van der Waals surface area contributed by atoms with Gasteiger partial charge in [0.15, 0.2) is 6.04 Å². The van der Waals surface area contributed by atoms with Gasteiger partial charge in [-0.1, -0.05) is 29.8 Å². The second-order valence-corrected chi connectivity index (χ2v) is 8.15. The molecule has 0 radical (unpaired) electrons. The third-order valence-corrected chi connectivity index (χ3v) is 5.91. The quantitative estimate of drug-likeness (QED) is 0.700. The van der Waals surface area contributed by atoms with Gasteiger partial charge in [0.1, 0.15) is 5.75 Å². The van der Waals surface area contributed by atoms with Crippen LogP contribution in [0.2, 0.25) is 0 Å². The Hall–Kier alpha value is -3.06. The summed E-state index contributed by atoms with van der Waals surface area (Å²) in [5, 5.41) is 2.85. The number of hydrogen-bond donors (Lipinski definition) is 2. The molecule has 1 fully saturated rings. The van der Waals surface area contributed by atoms with Crippen molar-refractivity contribution in [2.75, 3.05) is 57.1 Å². The first kappa shape index (κ1) is 22.6. The van der Waals surface area contributed by atoms with Crippen molar-refractivity contribution in [3.8, 4) is 5.75 Å². The topological polar surface area (TPSA) is 66.3 Å². The van der Waals surface area contributed by atoms with E-state index in [1.165, 1.54) is 9.80 Å². The van der Waals surface area contributed by atoms with E-state index in [2.05, 4.69) is 16.3 Å². The maximum absolute atomic E-state index is 12.9. The number of nitrogens with zero attached hydrogens (tertiary/aromatic N) is 2. The lowest BCUT2D eigenvalue weighted by molar-refractivity contribution is -0.915. The third kappa shape index (κ3) is 5.76. The van der Waals surface area contributed by atoms with Gasteiger partial charge in [-0.25, -0.2) is 0 Å². The summed E-state index contributed by atoms with van der Waals surface area (Å²) in [5.74, 6) is 0.664. The zero-order chi connectivity index (χ0) is 22.4. The normalized spacial score (nSPS) is 15.3. The summed E-state index contributed by atoms with van der Waals surface area (Å²) in [4.78, 5) is 30.3. The van der Waals surface area contributed by atoms with Crippen LogP contribution >= 0.6 is 0 Å². The summed E-state index contributed by atoms with van der Waals surface area (Å²) < 4.78 is 5.48. The minimum atomic E-state index is -0.197. The molecule has 0 bridgehead atoms. The van der Waals surface area contributed by atoms with Crippen LogP contribution in [0.5, 0.6) is 5.75 Å². The Morgan fingerprint density at radius 2 is 1.77 bits per heavy atom. The van der Waals surface area contributed by atoms with Crippen molar-refractivity contribution in [3.63, 3.8) is 0 Å². The number of carbonyl (C=O) groups is 2. The number of amides is 2. The zero-order valence-corrected chi connectivity index (χ0v) is 18.9. The molecule has 1 heterocycles. The minimum Gasteiger partial charge on any atom is -0.495 e. The van der Waals surface area contributed by atoms with Crippen LogP contribution in [0.3, 0.4) is 0 Å². The largest absolute Gasteiger partial charge is 0.495 e. The van der Waals surface area contributed by atoms with Gasteiger partial charge in [-0.05, 0) is 38.1 Å². The van der Waals surface area contributed by atoms with Gasteiger partial charge < -0.3 is 24.8 Å². The number of piperazine rings is 1. The van der Waals surface area contributed by atoms with Crippen LogP contribution in [0.1, 0.15) is 12.5 Å². The molecule has 166 valence electrons. The highest BCUT2D eigenvalue weighted by atomic mass is 16.5. The Bertz CT molecular complexity index is 892. The molecule has 31 heavy (non-hydrogen) atoms. The first-order chi connectivity index (χ1) is 14.9. The Labute approximate surface area is 184 Å². The molecule has 0 aliphatic carbocycles. The molecule has 1 aliphatic heterocycles. The molecule has 2 aromatic carbocycles. The number of anilines is 2. The van der Waals surface area contributed by atoms with E-state index in [1.54, 1.807) is 14.2 Å². The number of rotatable bonds is 7. The Morgan fingerprint density at radius 3 is 2.42 bits per heavy atom. The predicted molar refractivity (Wildman–Crippen MR) is 123 cm³/mol. The van der Waals surface area contributed by atoms with Crippen molar-refractivity contribution in [2.24, 2.45) is 0 Å². The number of methoxy groups -OCH3 is 1. The molecule has 3 rings (SSSR count). The molecule has 0 spiro atoms. The number of hydrogen-bond acceptors (Lipinski definition) is 4. The zero-order valence-electron chi connectivity index (χ0n) is 18.9. The molecule has 7 nitrogen and oxygen atoms in total. The van der Waals surface area contributed by atoms with Gasteiger partial charge in [-0.15, -0.1) is 0 Å². The average molecular weight is 426 g/mol. The van der Waals surface area contributed by atoms with Crippen molar-refractivity contribution >= 4 is 23.2 Å². The molecule has 1 atom stereocenters. The number of ether oxygens (including phenoxy) is 1. The molecule has 2 amide bonds. The molecule has 0 aromatic heterocycles. The van der Waals surface area contributed by atoms with Crippen LogP contribution in [0, 0.1) is 6.92 Å². The minimum absolute atomic E-state index is 0.0141. The lowest BCUT2D eigenvalue weighted by Crippen LogP contribution is -3.19. The van der Waals surface area contributed by atoms with E-state index in [9.17, 15) is 9.59 Å². The van der Waals surface area contributed by atoms with Crippen molar-refractivity contribution in [1.29, 1.82) is 0 Å². The van der Waals surface area contributed by atoms with Crippen LogP contribution in [0.4, 0.5) is 11.4 Å². The molecule has 1 aliphatic rings. The number of benzene rings is 2. The number of aryl methyl sites for hydroxylation is 1. The van der Waals surface area contributed by atoms with Crippen LogP contribution in [-0.2, 0) is 9.59 Å². The fraction of sp³-hybridized carbons (Fsp3) is 0.417. The highest BCUT2D eigenvalue weighted by Crippen LogP contribution is 2.27. The van der Waals surface area contributed by atoms with Crippen molar-refractivity contribution in [2.45, 2.75) is 19.9 Å². The van der Waals surface area contributed by atoms with Crippen LogP contribution in [0.15, 0.2) is 48.5 Å². The number of carbonyl (C=O) groups excluding carboxylic acids is 2. The van der Waals surface area contributed by atoms with E-state index in [0.29, 0.717) is 0 Å². The van der Waals surface area contributed by atoms with Gasteiger partial charge >= 0.3 is 0 Å². The van der Waals surface area contributed by atoms with Crippen molar-refractivity contribution < 1.29 is 19.2 Å². The first-order valence-electron chi connectivity index (χ1n) is 10.7. The predicted octanol–water partition coefficient (Wildman–Crippen LogP) is 1.19. The highest BCUT2D eigenvalue weighted by molar-refractivity contribution is 5.94. The summed E-state index contributed by atoms with van der Waals surface area (Å²) in [6.07, 6.45) is 0. The van der Waals surface area contributed by atoms with E-state index in [1.807, 2.05) is 56.3 Å². The van der Waals surface area contributed by atoms with Gasteiger partial charge in [0.2, 0.25) is 5.91 Å². The van der Waals surface area contributed by atoms with E-state index in [0.717, 1.165) is 48.9 Å². The standard InChI is InChI=1S/C24H32N4O3/c1-18-9-11-20(12-10-18)25-23(29)17-26(3)24(30)19(2)27-13-15-28(16-14-27)21-7-5-6-8-22(21)31-4/h5-12,19H,13-17H2,1-4H3,(H,25,29)/p+1/t19-/m0/s1. The van der Waals surface area contributed by atoms with Crippen LogP contribution in [-0.4, -0.2) is 69.6 Å². The Balaban J connectivity index is 1.50. The Morgan fingerprint density at radius 1 is 1.13 bits per heavy atom. The molecular formula is C24H33N4O3+. The number of likely N-dealkylation sites (N-methyl/N-ethyl adjacent to an activating group) is 1. The monoisotopic (exact) mass is 425 g/mol. The summed E-state index contributed by atoms with van der Waals surface area (Å²) >= 11 is 0. The van der Waals surface area contributed by atoms with Gasteiger partial charge in [0, 0.05) is 12.7 Å². The fourth-order valence-electron chi connectivity index (χ4n) is 3.99. The fourth-order valence-corrected chi connectivity index (χ4v) is 3.99. The summed E-state index contributed by atoms with van der Waals surface area (Å²) in [5.41, 5.74) is 2.96. The van der Waals surface area contributed by atoms with Crippen LogP contribution < -0.4 is 19.9 Å². The third-order valence-electron chi connectivity index (χ3n) is 5.91. The molecule has 0 unspecified atom stereocenters. The number of nitrogens with one attached hydrogen (secondary N) is 2. The summed E-state index contributed by atoms with van der Waals surface area (Å²) in [6, 6.07) is 15.4. The summed E-state index contributed by atoms with van der Waals surface area (Å²) in [6.45, 7) is 7.40. The van der Waals surface area contributed by atoms with Crippen molar-refractivity contribution in [3.05, 3.63) is 54.1 Å². The molecule has 7 heteroatoms. The SMILES string of the molecule is COc1ccccc1N1CC[NH+]([C@@H](C)C(=O)N(C)CC(=O)Nc2ccc(C)cc2)CC1. The van der Waals surface area contributed by atoms with Gasteiger partial charge in [0.25, 0.3) is 5.91 Å². The van der Waals surface area contributed by atoms with Gasteiger partial charge in [-0.2, -0.15) is 0 Å². The molecule has 2 aromatic rings. The van der Waals surface area contributed by atoms with Gasteiger partial charge in [-0.3, -0.25) is 9.59 Å². The molecule has 1 saturated heterocycles. The van der Waals surface area contributed by atoms with E-state index in [-0.39, 0.29) is 24.4 Å². The lowest BCUT2D eigenvalue weighted by atomic mass is 10.1. The molecule has 0 saturated carbocycles. The maximum atomic E-state index is 12.9. The van der Waals surface area contributed by atoms with Crippen molar-refractivity contribution in [1.82, 2.24) is 4.90 Å². The van der Waals surface area contributed by atoms with E-state index in [4.69, 9.17) is 4.74 Å². The highest BCUT2D eigenvalue weighted by Gasteiger charge is 2.32. The average Bonchev–Trinajstić information content (AvgIpc) is 2.79. The van der Waals surface area contributed by atoms with Crippen LogP contribution in [0.25, 0.3) is 0 Å². The van der Waals surface area contributed by atoms with Gasteiger partial charge in [0.05, 0.1) is 45.5 Å². The maximum Gasteiger partial charge on any atom is 0.280 e. The second kappa shape index (κ2) is 10.3.